The van der Waals surface area contributed by atoms with Crippen molar-refractivity contribution in [2.75, 3.05) is 131 Å². The molecule has 2 N–H and O–H groups in total. The molecule has 6 aliphatic heterocycles. The highest BCUT2D eigenvalue weighted by Crippen LogP contribution is 2.13. The van der Waals surface area contributed by atoms with Crippen LogP contribution in [0.5, 0.6) is 0 Å². The second-order valence-electron chi connectivity index (χ2n) is 12.7. The first-order chi connectivity index (χ1) is 19.8. The summed E-state index contributed by atoms with van der Waals surface area (Å²) in [6.07, 6.45) is 5.08. The van der Waals surface area contributed by atoms with E-state index in [9.17, 15) is 0 Å². The Labute approximate surface area is 245 Å². The maximum Gasteiger partial charge on any atom is 0.0234 e. The molecule has 0 saturated carbocycles. The molecule has 1 aromatic rings. The van der Waals surface area contributed by atoms with Crippen molar-refractivity contribution in [3.63, 3.8) is 0 Å². The molecule has 8 nitrogen and oxygen atoms in total. The molecule has 6 heterocycles. The predicted octanol–water partition coefficient (Wildman–Crippen LogP) is 1.29. The molecule has 8 heteroatoms. The largest absolute Gasteiger partial charge is 0.315 e. The number of benzene rings is 1. The Bertz CT molecular complexity index is 752. The molecule has 0 aliphatic carbocycles. The molecule has 1 aromatic carbocycles. The van der Waals surface area contributed by atoms with Gasteiger partial charge >= 0.3 is 0 Å². The van der Waals surface area contributed by atoms with Gasteiger partial charge in [-0.2, -0.15) is 0 Å². The minimum absolute atomic E-state index is 1.07. The van der Waals surface area contributed by atoms with Gasteiger partial charge in [-0.15, -0.1) is 0 Å². The lowest BCUT2D eigenvalue weighted by Gasteiger charge is -2.35. The summed E-state index contributed by atoms with van der Waals surface area (Å²) in [6, 6.07) is 9.50. The average Bonchev–Trinajstić information content (AvgIpc) is 2.98. The normalized spacial score (nSPS) is 31.4. The third-order valence-electron chi connectivity index (χ3n) is 9.50. The molecule has 4 bridgehead atoms. The summed E-state index contributed by atoms with van der Waals surface area (Å²) >= 11 is 0. The summed E-state index contributed by atoms with van der Waals surface area (Å²) in [7, 11) is 0. The van der Waals surface area contributed by atoms with E-state index in [-0.39, 0.29) is 0 Å². The monoisotopic (exact) mass is 554 g/mol. The number of nitrogens with one attached hydrogen (secondary N) is 2. The zero-order chi connectivity index (χ0) is 27.2. The predicted molar refractivity (Wildman–Crippen MR) is 167 cm³/mol. The van der Waals surface area contributed by atoms with E-state index in [1.807, 2.05) is 0 Å². The first-order valence-corrected chi connectivity index (χ1v) is 16.6. The zero-order valence-electron chi connectivity index (χ0n) is 25.4. The minimum atomic E-state index is 1.07. The fourth-order valence-electron chi connectivity index (χ4n) is 6.97. The second-order valence-corrected chi connectivity index (χ2v) is 12.7. The number of nitrogens with zero attached hydrogens (tertiary/aromatic N) is 6. The molecule has 0 amide bonds. The SMILES string of the molecule is c1cc(CN2CCCN3CCN(CCCNCC2)CC3)cc(CN2CCCN3CCN(CCCNCC2)CC3)c1. The average molecular weight is 555 g/mol. The van der Waals surface area contributed by atoms with Crippen molar-refractivity contribution < 1.29 is 0 Å². The molecule has 6 aliphatic rings. The Morgan fingerprint density at radius 3 is 1.25 bits per heavy atom. The molecule has 7 rings (SSSR count). The molecule has 226 valence electrons. The lowest BCUT2D eigenvalue weighted by molar-refractivity contribution is 0.123. The van der Waals surface area contributed by atoms with Gasteiger partial charge in [-0.1, -0.05) is 24.3 Å². The number of fused-ring (bicyclic) bond motifs is 22. The standard InChI is InChI=1S/C32H58N8/c1-6-31(29-39-16-4-14-37-24-20-35(21-25-37)12-2-8-33-10-18-39)28-32(7-1)30-40-17-5-15-38-26-22-36(23-27-38)13-3-9-34-11-19-40/h1,6-7,28,33-34H,2-5,8-27,29-30H2. The maximum absolute atomic E-state index is 3.73. The van der Waals surface area contributed by atoms with Crippen LogP contribution in [-0.2, 0) is 13.1 Å². The molecule has 0 radical (unpaired) electrons. The maximum atomic E-state index is 3.73. The van der Waals surface area contributed by atoms with E-state index in [2.05, 4.69) is 64.3 Å². The molecule has 40 heavy (non-hydrogen) atoms. The van der Waals surface area contributed by atoms with Gasteiger partial charge in [0.25, 0.3) is 0 Å². The summed E-state index contributed by atoms with van der Waals surface area (Å²) in [5.41, 5.74) is 2.95. The van der Waals surface area contributed by atoms with Gasteiger partial charge in [0, 0.05) is 91.6 Å². The lowest BCUT2D eigenvalue weighted by atomic mass is 10.1. The van der Waals surface area contributed by atoms with Crippen LogP contribution in [0, 0.1) is 0 Å². The summed E-state index contributed by atoms with van der Waals surface area (Å²) < 4.78 is 0. The zero-order valence-corrected chi connectivity index (χ0v) is 25.4. The highest BCUT2D eigenvalue weighted by Gasteiger charge is 2.19. The van der Waals surface area contributed by atoms with Crippen LogP contribution in [0.1, 0.15) is 36.8 Å². The van der Waals surface area contributed by atoms with Crippen LogP contribution in [0.2, 0.25) is 0 Å². The van der Waals surface area contributed by atoms with Gasteiger partial charge in [0.15, 0.2) is 0 Å². The van der Waals surface area contributed by atoms with Crippen LogP contribution >= 0.6 is 0 Å². The van der Waals surface area contributed by atoms with E-state index in [0.717, 1.165) is 52.4 Å². The van der Waals surface area contributed by atoms with Crippen molar-refractivity contribution >= 4 is 0 Å². The van der Waals surface area contributed by atoms with Crippen molar-refractivity contribution in [3.05, 3.63) is 35.4 Å². The van der Waals surface area contributed by atoms with Gasteiger partial charge in [-0.25, -0.2) is 0 Å². The first kappa shape index (κ1) is 30.4. The summed E-state index contributed by atoms with van der Waals surface area (Å²) in [4.78, 5) is 16.1. The summed E-state index contributed by atoms with van der Waals surface area (Å²) in [5.74, 6) is 0. The van der Waals surface area contributed by atoms with E-state index < -0.39 is 0 Å². The number of hydrogen-bond donors (Lipinski definition) is 2. The van der Waals surface area contributed by atoms with Gasteiger partial charge in [-0.05, 0) is 89.2 Å². The molecule has 0 aromatic heterocycles. The fraction of sp³-hybridized carbons (Fsp3) is 0.812. The van der Waals surface area contributed by atoms with Crippen LogP contribution in [0.3, 0.4) is 0 Å². The lowest BCUT2D eigenvalue weighted by Crippen LogP contribution is -2.48. The van der Waals surface area contributed by atoms with E-state index in [1.54, 1.807) is 0 Å². The molecular formula is C32H58N8. The van der Waals surface area contributed by atoms with Crippen molar-refractivity contribution in [1.29, 1.82) is 0 Å². The number of hydrogen-bond acceptors (Lipinski definition) is 8. The van der Waals surface area contributed by atoms with Gasteiger partial charge in [0.1, 0.15) is 0 Å². The molecule has 6 fully saturated rings. The Hall–Kier alpha value is -1.10. The van der Waals surface area contributed by atoms with Gasteiger partial charge in [0.2, 0.25) is 0 Å². The van der Waals surface area contributed by atoms with Crippen molar-refractivity contribution in [3.8, 4) is 0 Å². The van der Waals surface area contributed by atoms with Crippen LogP contribution in [0.15, 0.2) is 24.3 Å². The Kier molecular flexibility index (Phi) is 13.0. The quantitative estimate of drug-likeness (QED) is 0.578. The van der Waals surface area contributed by atoms with Crippen LogP contribution in [-0.4, -0.2) is 160 Å². The molecule has 0 unspecified atom stereocenters. The van der Waals surface area contributed by atoms with Crippen LogP contribution < -0.4 is 10.6 Å². The summed E-state index contributed by atoms with van der Waals surface area (Å²) in [6.45, 7) is 26.3. The third kappa shape index (κ3) is 10.6. The van der Waals surface area contributed by atoms with E-state index in [4.69, 9.17) is 0 Å². The van der Waals surface area contributed by atoms with Crippen LogP contribution in [0.4, 0.5) is 0 Å². The Balaban J connectivity index is 1.13. The molecular weight excluding hydrogens is 496 g/mol. The highest BCUT2D eigenvalue weighted by atomic mass is 15.3. The van der Waals surface area contributed by atoms with E-state index in [1.165, 1.54) is 128 Å². The Morgan fingerprint density at radius 1 is 0.425 bits per heavy atom. The van der Waals surface area contributed by atoms with Gasteiger partial charge in [-0.3, -0.25) is 9.80 Å². The van der Waals surface area contributed by atoms with Crippen molar-refractivity contribution in [2.24, 2.45) is 0 Å². The van der Waals surface area contributed by atoms with Crippen molar-refractivity contribution in [2.45, 2.75) is 38.8 Å². The van der Waals surface area contributed by atoms with Crippen LogP contribution in [0.25, 0.3) is 0 Å². The second kappa shape index (κ2) is 17.1. The van der Waals surface area contributed by atoms with E-state index in [0.29, 0.717) is 0 Å². The highest BCUT2D eigenvalue weighted by molar-refractivity contribution is 5.23. The molecule has 0 spiro atoms. The van der Waals surface area contributed by atoms with Gasteiger partial charge in [0.05, 0.1) is 0 Å². The topological polar surface area (TPSA) is 43.5 Å². The molecule has 0 atom stereocenters. The van der Waals surface area contributed by atoms with Gasteiger partial charge < -0.3 is 30.2 Å². The van der Waals surface area contributed by atoms with E-state index >= 15 is 0 Å². The summed E-state index contributed by atoms with van der Waals surface area (Å²) in [5, 5.41) is 7.45. The van der Waals surface area contributed by atoms with Crippen molar-refractivity contribution in [1.82, 2.24) is 40.0 Å². The number of piperazine rings is 2. The minimum Gasteiger partial charge on any atom is -0.315 e. The fourth-order valence-corrected chi connectivity index (χ4v) is 6.97. The molecule has 6 saturated heterocycles. The Morgan fingerprint density at radius 2 is 0.825 bits per heavy atom. The first-order valence-electron chi connectivity index (χ1n) is 16.6. The number of rotatable bonds is 4. The smallest absolute Gasteiger partial charge is 0.0234 e. The third-order valence-corrected chi connectivity index (χ3v) is 9.50.